The Hall–Kier alpha value is -0.0300. The summed E-state index contributed by atoms with van der Waals surface area (Å²) in [5, 5.41) is 6.92. The second-order valence-electron chi connectivity index (χ2n) is 7.60. The number of rotatable bonds is 3. The lowest BCUT2D eigenvalue weighted by Crippen LogP contribution is -2.49. The molecule has 1 amide bonds. The van der Waals surface area contributed by atoms with Gasteiger partial charge in [-0.05, 0) is 65.0 Å². The standard InChI is InChI=1S/C17H31N3O.2ClH/c1-20(2)14-8-5-7-13(11-14)18-17(21)16-10-12-6-3-4-9-15(12)19-16;;/h12-16,19H,3-11H2,1-2H3,(H,18,21);2*1H. The normalized spacial score (nSPS) is 36.6. The van der Waals surface area contributed by atoms with Gasteiger partial charge in [-0.1, -0.05) is 12.8 Å². The van der Waals surface area contributed by atoms with Gasteiger partial charge in [0.05, 0.1) is 6.04 Å². The van der Waals surface area contributed by atoms with E-state index in [4.69, 9.17) is 0 Å². The van der Waals surface area contributed by atoms with Crippen molar-refractivity contribution in [2.45, 2.75) is 82.0 Å². The largest absolute Gasteiger partial charge is 0.352 e. The average Bonchev–Trinajstić information content (AvgIpc) is 2.91. The fraction of sp³-hybridized carbons (Fsp3) is 0.941. The number of nitrogens with zero attached hydrogens (tertiary/aromatic N) is 1. The van der Waals surface area contributed by atoms with Crippen LogP contribution >= 0.6 is 24.8 Å². The van der Waals surface area contributed by atoms with Gasteiger partial charge >= 0.3 is 0 Å². The first-order chi connectivity index (χ1) is 10.1. The maximum absolute atomic E-state index is 12.5. The third-order valence-corrected chi connectivity index (χ3v) is 5.90. The smallest absolute Gasteiger partial charge is 0.237 e. The third-order valence-electron chi connectivity index (χ3n) is 5.90. The molecule has 3 rings (SSSR count). The fourth-order valence-electron chi connectivity index (χ4n) is 4.59. The van der Waals surface area contributed by atoms with E-state index in [2.05, 4.69) is 29.6 Å². The number of amides is 1. The van der Waals surface area contributed by atoms with Crippen LogP contribution in [0.5, 0.6) is 0 Å². The quantitative estimate of drug-likeness (QED) is 0.807. The maximum Gasteiger partial charge on any atom is 0.237 e. The molecule has 1 aliphatic heterocycles. The topological polar surface area (TPSA) is 44.4 Å². The first-order valence-corrected chi connectivity index (χ1v) is 8.86. The Balaban J connectivity index is 0.00000132. The summed E-state index contributed by atoms with van der Waals surface area (Å²) >= 11 is 0. The van der Waals surface area contributed by atoms with Crippen LogP contribution in [-0.2, 0) is 4.79 Å². The molecule has 2 saturated carbocycles. The molecule has 6 heteroatoms. The van der Waals surface area contributed by atoms with Crippen molar-refractivity contribution in [3.05, 3.63) is 0 Å². The molecule has 0 aromatic rings. The van der Waals surface area contributed by atoms with Crippen LogP contribution in [0.4, 0.5) is 0 Å². The molecule has 2 aliphatic carbocycles. The van der Waals surface area contributed by atoms with Crippen LogP contribution in [0.1, 0.15) is 57.8 Å². The number of hydrogen-bond acceptors (Lipinski definition) is 3. The Morgan fingerprint density at radius 1 is 1.00 bits per heavy atom. The van der Waals surface area contributed by atoms with Crippen LogP contribution in [0.25, 0.3) is 0 Å². The van der Waals surface area contributed by atoms with Crippen LogP contribution in [-0.4, -0.2) is 49.1 Å². The second kappa shape index (κ2) is 9.45. The molecule has 136 valence electrons. The predicted octanol–water partition coefficient (Wildman–Crippen LogP) is 2.74. The summed E-state index contributed by atoms with van der Waals surface area (Å²) in [5.74, 6) is 1.00. The highest BCUT2D eigenvalue weighted by molar-refractivity contribution is 5.85. The van der Waals surface area contributed by atoms with Crippen LogP contribution in [0.2, 0.25) is 0 Å². The summed E-state index contributed by atoms with van der Waals surface area (Å²) in [5.41, 5.74) is 0. The molecule has 1 saturated heterocycles. The molecular weight excluding hydrogens is 333 g/mol. The van der Waals surface area contributed by atoms with Crippen molar-refractivity contribution in [3.8, 4) is 0 Å². The molecule has 4 nitrogen and oxygen atoms in total. The molecule has 0 bridgehead atoms. The Morgan fingerprint density at radius 3 is 2.43 bits per heavy atom. The highest BCUT2D eigenvalue weighted by Gasteiger charge is 2.38. The van der Waals surface area contributed by atoms with E-state index in [1.807, 2.05) is 0 Å². The van der Waals surface area contributed by atoms with Gasteiger partial charge in [0.1, 0.15) is 0 Å². The Labute approximate surface area is 153 Å². The lowest BCUT2D eigenvalue weighted by molar-refractivity contribution is -0.123. The first kappa shape index (κ1) is 21.0. The molecule has 0 aromatic heterocycles. The number of hydrogen-bond donors (Lipinski definition) is 2. The van der Waals surface area contributed by atoms with Crippen molar-refractivity contribution < 1.29 is 4.79 Å². The molecule has 23 heavy (non-hydrogen) atoms. The first-order valence-electron chi connectivity index (χ1n) is 8.86. The molecule has 0 spiro atoms. The molecule has 5 atom stereocenters. The van der Waals surface area contributed by atoms with Crippen LogP contribution in [0, 0.1) is 5.92 Å². The highest BCUT2D eigenvalue weighted by Crippen LogP contribution is 2.33. The van der Waals surface area contributed by atoms with E-state index in [-0.39, 0.29) is 36.8 Å². The van der Waals surface area contributed by atoms with E-state index in [0.29, 0.717) is 18.1 Å². The van der Waals surface area contributed by atoms with Gasteiger partial charge in [0, 0.05) is 18.1 Å². The highest BCUT2D eigenvalue weighted by atomic mass is 35.5. The molecule has 3 fully saturated rings. The van der Waals surface area contributed by atoms with Gasteiger partial charge in [-0.25, -0.2) is 0 Å². The third kappa shape index (κ3) is 5.22. The minimum absolute atomic E-state index is 0. The zero-order valence-corrected chi connectivity index (χ0v) is 16.1. The zero-order valence-electron chi connectivity index (χ0n) is 14.4. The fourth-order valence-corrected chi connectivity index (χ4v) is 4.59. The summed E-state index contributed by atoms with van der Waals surface area (Å²) in [4.78, 5) is 14.9. The van der Waals surface area contributed by atoms with Gasteiger partial charge in [-0.2, -0.15) is 0 Å². The van der Waals surface area contributed by atoms with Crippen LogP contribution in [0.15, 0.2) is 0 Å². The van der Waals surface area contributed by atoms with Crippen LogP contribution < -0.4 is 10.6 Å². The maximum atomic E-state index is 12.5. The van der Waals surface area contributed by atoms with Crippen molar-refractivity contribution in [1.82, 2.24) is 15.5 Å². The lowest BCUT2D eigenvalue weighted by Gasteiger charge is -2.34. The van der Waals surface area contributed by atoms with Crippen molar-refractivity contribution >= 4 is 30.7 Å². The van der Waals surface area contributed by atoms with Gasteiger partial charge in [0.15, 0.2) is 0 Å². The second-order valence-corrected chi connectivity index (χ2v) is 7.60. The predicted molar refractivity (Wildman–Crippen MR) is 99.7 cm³/mol. The number of nitrogens with one attached hydrogen (secondary N) is 2. The van der Waals surface area contributed by atoms with Gasteiger partial charge in [0.2, 0.25) is 5.91 Å². The average molecular weight is 366 g/mol. The SMILES string of the molecule is CN(C)C1CCCC(NC(=O)C2CC3CCCCC3N2)C1.Cl.Cl. The summed E-state index contributed by atoms with van der Waals surface area (Å²) in [6.45, 7) is 0. The van der Waals surface area contributed by atoms with Crippen molar-refractivity contribution in [1.29, 1.82) is 0 Å². The molecule has 2 N–H and O–H groups in total. The summed E-state index contributed by atoms with van der Waals surface area (Å²) in [6, 6.07) is 1.68. The van der Waals surface area contributed by atoms with Gasteiger partial charge in [0.25, 0.3) is 0 Å². The van der Waals surface area contributed by atoms with E-state index in [0.717, 1.165) is 25.2 Å². The number of halogens is 2. The monoisotopic (exact) mass is 365 g/mol. The molecule has 3 aliphatic rings. The van der Waals surface area contributed by atoms with E-state index >= 15 is 0 Å². The van der Waals surface area contributed by atoms with E-state index in [1.165, 1.54) is 38.5 Å². The lowest BCUT2D eigenvalue weighted by atomic mass is 9.85. The van der Waals surface area contributed by atoms with Crippen molar-refractivity contribution in [2.75, 3.05) is 14.1 Å². The summed E-state index contributed by atoms with van der Waals surface area (Å²) in [6.07, 6.45) is 11.1. The minimum Gasteiger partial charge on any atom is -0.352 e. The van der Waals surface area contributed by atoms with E-state index < -0.39 is 0 Å². The molecule has 0 aromatic carbocycles. The van der Waals surface area contributed by atoms with Crippen LogP contribution in [0.3, 0.4) is 0 Å². The number of carbonyl (C=O) groups is 1. The Bertz CT molecular complexity index is 367. The van der Waals surface area contributed by atoms with Gasteiger partial charge in [-0.15, -0.1) is 24.8 Å². The summed E-state index contributed by atoms with van der Waals surface area (Å²) < 4.78 is 0. The minimum atomic E-state index is 0. The Kier molecular flexibility index (Phi) is 8.64. The molecule has 1 heterocycles. The zero-order chi connectivity index (χ0) is 14.8. The van der Waals surface area contributed by atoms with E-state index in [1.54, 1.807) is 0 Å². The molecule has 5 unspecified atom stereocenters. The van der Waals surface area contributed by atoms with Crippen molar-refractivity contribution in [3.63, 3.8) is 0 Å². The molecule has 0 radical (unpaired) electrons. The van der Waals surface area contributed by atoms with Gasteiger partial charge in [-0.3, -0.25) is 4.79 Å². The van der Waals surface area contributed by atoms with Gasteiger partial charge < -0.3 is 15.5 Å². The number of fused-ring (bicyclic) bond motifs is 1. The molecular formula is C17H33Cl2N3O. The summed E-state index contributed by atoms with van der Waals surface area (Å²) in [7, 11) is 4.30. The Morgan fingerprint density at radius 2 is 1.74 bits per heavy atom. The number of carbonyl (C=O) groups excluding carboxylic acids is 1. The van der Waals surface area contributed by atoms with Crippen molar-refractivity contribution in [2.24, 2.45) is 5.92 Å². The van der Waals surface area contributed by atoms with E-state index in [9.17, 15) is 4.79 Å².